The predicted molar refractivity (Wildman–Crippen MR) is 106 cm³/mol. The van der Waals surface area contributed by atoms with Gasteiger partial charge in [0.2, 0.25) is 5.91 Å². The van der Waals surface area contributed by atoms with Gasteiger partial charge in [-0.25, -0.2) is 4.79 Å². The number of H-pyrrole nitrogens is 1. The summed E-state index contributed by atoms with van der Waals surface area (Å²) in [4.78, 5) is 41.2. The molecule has 1 saturated heterocycles. The molecule has 3 rings (SSSR count). The number of esters is 1. The molecule has 0 atom stereocenters. The van der Waals surface area contributed by atoms with Crippen LogP contribution in [0.25, 0.3) is 0 Å². The van der Waals surface area contributed by atoms with E-state index in [1.807, 2.05) is 17.0 Å². The molecule has 1 aliphatic heterocycles. The minimum absolute atomic E-state index is 0.00127. The number of amides is 2. The van der Waals surface area contributed by atoms with Gasteiger partial charge in [0.25, 0.3) is 5.91 Å². The Morgan fingerprint density at radius 1 is 1.21 bits per heavy atom. The number of carbonyl (C=O) groups is 3. The van der Waals surface area contributed by atoms with Crippen molar-refractivity contribution < 1.29 is 19.1 Å². The van der Waals surface area contributed by atoms with Gasteiger partial charge in [0.15, 0.2) is 0 Å². The highest BCUT2D eigenvalue weighted by atomic mass is 16.5. The van der Waals surface area contributed by atoms with Crippen molar-refractivity contribution in [2.75, 3.05) is 36.5 Å². The van der Waals surface area contributed by atoms with Crippen molar-refractivity contribution in [2.45, 2.75) is 20.8 Å². The number of aryl methyl sites for hydroxylation is 1. The van der Waals surface area contributed by atoms with Crippen LogP contribution < -0.4 is 15.5 Å². The summed E-state index contributed by atoms with van der Waals surface area (Å²) in [6.45, 7) is 7.15. The molecule has 8 heteroatoms. The summed E-state index contributed by atoms with van der Waals surface area (Å²) in [5, 5.41) is 5.62. The Balaban J connectivity index is 1.72. The van der Waals surface area contributed by atoms with E-state index >= 15 is 0 Å². The molecule has 2 aromatic rings. The molecule has 0 spiro atoms. The van der Waals surface area contributed by atoms with Crippen LogP contribution in [-0.4, -0.2) is 49.0 Å². The van der Waals surface area contributed by atoms with Gasteiger partial charge in [-0.1, -0.05) is 0 Å². The second-order valence-corrected chi connectivity index (χ2v) is 6.62. The molecule has 0 aliphatic carbocycles. The van der Waals surface area contributed by atoms with Crippen LogP contribution in [0.1, 0.15) is 39.0 Å². The summed E-state index contributed by atoms with van der Waals surface area (Å²) in [7, 11) is 0. The van der Waals surface area contributed by atoms with E-state index in [0.717, 1.165) is 12.2 Å². The van der Waals surface area contributed by atoms with Crippen LogP contribution in [-0.2, 0) is 9.53 Å². The number of benzene rings is 1. The second-order valence-electron chi connectivity index (χ2n) is 6.62. The first-order valence-corrected chi connectivity index (χ1v) is 9.20. The molecule has 0 unspecified atom stereocenters. The molecule has 1 aromatic heterocycles. The topological polar surface area (TPSA) is 104 Å². The first kappa shape index (κ1) is 19.5. The van der Waals surface area contributed by atoms with Crippen LogP contribution >= 0.6 is 0 Å². The highest BCUT2D eigenvalue weighted by Crippen LogP contribution is 2.22. The molecular weight excluding hydrogens is 360 g/mol. The summed E-state index contributed by atoms with van der Waals surface area (Å²) < 4.78 is 5.06. The van der Waals surface area contributed by atoms with E-state index in [1.54, 1.807) is 32.9 Å². The zero-order valence-electron chi connectivity index (χ0n) is 16.2. The number of piperazine rings is 1. The number of ether oxygens (including phenoxy) is 1. The molecule has 2 amide bonds. The third kappa shape index (κ3) is 4.00. The predicted octanol–water partition coefficient (Wildman–Crippen LogP) is 2.00. The van der Waals surface area contributed by atoms with Gasteiger partial charge in [-0.15, -0.1) is 0 Å². The van der Waals surface area contributed by atoms with E-state index in [1.165, 1.54) is 0 Å². The third-order valence-corrected chi connectivity index (χ3v) is 4.67. The molecule has 1 fully saturated rings. The standard InChI is InChI=1S/C20H24N4O4/c1-4-28-20(27)17-12(2)18(22-13(17)3)19(26)23-14-5-7-15(8-6-14)24-10-9-21-16(25)11-24/h5-8,22H,4,9-11H2,1-3H3,(H,21,25)(H,23,26). The van der Waals surface area contributed by atoms with Crippen LogP contribution in [0, 0.1) is 13.8 Å². The smallest absolute Gasteiger partial charge is 0.340 e. The molecule has 28 heavy (non-hydrogen) atoms. The zero-order chi connectivity index (χ0) is 20.3. The summed E-state index contributed by atoms with van der Waals surface area (Å²) in [6.07, 6.45) is 0. The van der Waals surface area contributed by atoms with Crippen LogP contribution in [0.3, 0.4) is 0 Å². The number of nitrogens with one attached hydrogen (secondary N) is 3. The number of hydrogen-bond donors (Lipinski definition) is 3. The van der Waals surface area contributed by atoms with E-state index in [0.29, 0.717) is 41.3 Å². The molecule has 1 aromatic carbocycles. The molecule has 0 radical (unpaired) electrons. The van der Waals surface area contributed by atoms with Gasteiger partial charge in [-0.2, -0.15) is 0 Å². The summed E-state index contributed by atoms with van der Waals surface area (Å²) in [6, 6.07) is 7.31. The van der Waals surface area contributed by atoms with Crippen molar-refractivity contribution in [3.8, 4) is 0 Å². The lowest BCUT2D eigenvalue weighted by Gasteiger charge is -2.28. The quantitative estimate of drug-likeness (QED) is 0.684. The molecule has 0 saturated carbocycles. The van der Waals surface area contributed by atoms with Crippen LogP contribution in [0.5, 0.6) is 0 Å². The number of aromatic amines is 1. The molecular formula is C20H24N4O4. The molecule has 2 heterocycles. The average molecular weight is 384 g/mol. The number of carbonyl (C=O) groups excluding carboxylic acids is 3. The number of nitrogens with zero attached hydrogens (tertiary/aromatic N) is 1. The van der Waals surface area contributed by atoms with Crippen molar-refractivity contribution in [2.24, 2.45) is 0 Å². The maximum atomic E-state index is 12.7. The monoisotopic (exact) mass is 384 g/mol. The maximum absolute atomic E-state index is 12.7. The van der Waals surface area contributed by atoms with Gasteiger partial charge in [0, 0.05) is 30.2 Å². The fraction of sp³-hybridized carbons (Fsp3) is 0.350. The summed E-state index contributed by atoms with van der Waals surface area (Å²) >= 11 is 0. The molecule has 0 bridgehead atoms. The van der Waals surface area contributed by atoms with Crippen molar-refractivity contribution in [1.29, 1.82) is 0 Å². The second kappa shape index (κ2) is 8.16. The van der Waals surface area contributed by atoms with E-state index in [-0.39, 0.29) is 18.4 Å². The van der Waals surface area contributed by atoms with Crippen molar-refractivity contribution >= 4 is 29.2 Å². The van der Waals surface area contributed by atoms with Crippen LogP contribution in [0.15, 0.2) is 24.3 Å². The number of aromatic nitrogens is 1. The maximum Gasteiger partial charge on any atom is 0.340 e. The Labute approximate surface area is 163 Å². The molecule has 8 nitrogen and oxygen atoms in total. The fourth-order valence-electron chi connectivity index (χ4n) is 3.29. The normalized spacial score (nSPS) is 13.8. The Kier molecular flexibility index (Phi) is 5.67. The molecule has 1 aliphatic rings. The lowest BCUT2D eigenvalue weighted by Crippen LogP contribution is -2.47. The lowest BCUT2D eigenvalue weighted by molar-refractivity contribution is -0.120. The lowest BCUT2D eigenvalue weighted by atomic mass is 10.1. The van der Waals surface area contributed by atoms with E-state index in [4.69, 9.17) is 4.74 Å². The van der Waals surface area contributed by atoms with Gasteiger partial charge < -0.3 is 25.3 Å². The van der Waals surface area contributed by atoms with Gasteiger partial charge >= 0.3 is 5.97 Å². The molecule has 3 N–H and O–H groups in total. The average Bonchev–Trinajstić information content (AvgIpc) is 2.97. The number of hydrogen-bond acceptors (Lipinski definition) is 5. The zero-order valence-corrected chi connectivity index (χ0v) is 16.2. The minimum Gasteiger partial charge on any atom is -0.462 e. The number of anilines is 2. The summed E-state index contributed by atoms with van der Waals surface area (Å²) in [5.41, 5.74) is 3.43. The SMILES string of the molecule is CCOC(=O)c1c(C)[nH]c(C(=O)Nc2ccc(N3CCNC(=O)C3)cc2)c1C. The first-order chi connectivity index (χ1) is 13.4. The highest BCUT2D eigenvalue weighted by Gasteiger charge is 2.23. The van der Waals surface area contributed by atoms with E-state index in [9.17, 15) is 14.4 Å². The Morgan fingerprint density at radius 2 is 1.93 bits per heavy atom. The van der Waals surface area contributed by atoms with Gasteiger partial charge in [-0.05, 0) is 50.6 Å². The third-order valence-electron chi connectivity index (χ3n) is 4.67. The van der Waals surface area contributed by atoms with Crippen molar-refractivity contribution in [1.82, 2.24) is 10.3 Å². The fourth-order valence-corrected chi connectivity index (χ4v) is 3.29. The largest absolute Gasteiger partial charge is 0.462 e. The van der Waals surface area contributed by atoms with E-state index in [2.05, 4.69) is 15.6 Å². The minimum atomic E-state index is -0.442. The highest BCUT2D eigenvalue weighted by molar-refractivity contribution is 6.06. The molecule has 148 valence electrons. The number of rotatable bonds is 5. The van der Waals surface area contributed by atoms with Crippen LogP contribution in [0.4, 0.5) is 11.4 Å². The van der Waals surface area contributed by atoms with Crippen molar-refractivity contribution in [3.63, 3.8) is 0 Å². The van der Waals surface area contributed by atoms with Gasteiger partial charge in [0.05, 0.1) is 18.7 Å². The van der Waals surface area contributed by atoms with Gasteiger partial charge in [-0.3, -0.25) is 9.59 Å². The Hall–Kier alpha value is -3.29. The van der Waals surface area contributed by atoms with Crippen LogP contribution in [0.2, 0.25) is 0 Å². The first-order valence-electron chi connectivity index (χ1n) is 9.20. The van der Waals surface area contributed by atoms with Gasteiger partial charge in [0.1, 0.15) is 5.69 Å². The van der Waals surface area contributed by atoms with E-state index < -0.39 is 5.97 Å². The van der Waals surface area contributed by atoms with Crippen molar-refractivity contribution in [3.05, 3.63) is 46.8 Å². The Morgan fingerprint density at radius 3 is 2.57 bits per heavy atom. The summed E-state index contributed by atoms with van der Waals surface area (Å²) in [5.74, 6) is -0.775. The Bertz CT molecular complexity index is 902.